The van der Waals surface area contributed by atoms with E-state index < -0.39 is 32.5 Å². The molecule has 10 heteroatoms. The fraction of sp³-hybridized carbons (Fsp3) is 0.698. The summed E-state index contributed by atoms with van der Waals surface area (Å²) in [7, 11) is 1.12. The van der Waals surface area contributed by atoms with Gasteiger partial charge in [0.1, 0.15) is 19.8 Å². The predicted octanol–water partition coefficient (Wildman–Crippen LogP) is 14.1. The van der Waals surface area contributed by atoms with Gasteiger partial charge in [-0.05, 0) is 89.9 Å². The molecule has 63 heavy (non-hydrogen) atoms. The van der Waals surface area contributed by atoms with E-state index in [4.69, 9.17) is 18.5 Å². The minimum absolute atomic E-state index is 0.0444. The summed E-state index contributed by atoms with van der Waals surface area (Å²) >= 11 is 0. The van der Waals surface area contributed by atoms with Crippen LogP contribution in [0, 0.1) is 0 Å². The highest BCUT2D eigenvalue weighted by Crippen LogP contribution is 2.38. The molecule has 0 radical (unpaired) electrons. The van der Waals surface area contributed by atoms with E-state index in [2.05, 4.69) is 98.9 Å². The van der Waals surface area contributed by atoms with Crippen LogP contribution in [-0.2, 0) is 32.7 Å². The monoisotopic (exact) mass is 902 g/mol. The quantitative estimate of drug-likeness (QED) is 0.0195. The standard InChI is InChI=1S/C53H92NO8P/c1-6-8-10-12-14-16-18-20-22-24-26-27-28-30-32-34-36-38-40-42-44-46-53(56)62-51(50-61-63(57,58)60-48-47-54(3,4)5)49-59-52(55)45-43-41-39-37-35-33-31-29-25-23-21-19-17-15-13-11-9-7-2/h8,10,14,16,20,22-23,25-27,30,32,36,38,51H,6-7,9,11-13,15,17-19,21,24,28-29,31,33-35,37,39-50H2,1-5H3/b10-8-,16-14-,22-20-,25-23-,27-26-,32-30-,38-36-. The summed E-state index contributed by atoms with van der Waals surface area (Å²) < 4.78 is 34.0. The predicted molar refractivity (Wildman–Crippen MR) is 263 cm³/mol. The first-order valence-corrected chi connectivity index (χ1v) is 26.3. The van der Waals surface area contributed by atoms with Gasteiger partial charge in [-0.3, -0.25) is 14.2 Å². The van der Waals surface area contributed by atoms with Crippen molar-refractivity contribution in [3.8, 4) is 0 Å². The number of rotatable bonds is 44. The molecule has 9 nitrogen and oxygen atoms in total. The van der Waals surface area contributed by atoms with Crippen LogP contribution in [0.15, 0.2) is 85.1 Å². The number of hydrogen-bond donors (Lipinski definition) is 0. The summed E-state index contributed by atoms with van der Waals surface area (Å²) in [5.74, 6) is -0.895. The molecule has 0 spiro atoms. The number of phosphoric ester groups is 1. The van der Waals surface area contributed by atoms with Crippen LogP contribution in [0.5, 0.6) is 0 Å². The van der Waals surface area contributed by atoms with Crippen LogP contribution in [0.4, 0.5) is 0 Å². The summed E-state index contributed by atoms with van der Waals surface area (Å²) in [6, 6.07) is 0. The van der Waals surface area contributed by atoms with Crippen molar-refractivity contribution in [2.75, 3.05) is 47.5 Å². The fourth-order valence-electron chi connectivity index (χ4n) is 6.30. The van der Waals surface area contributed by atoms with Gasteiger partial charge in [0.05, 0.1) is 27.7 Å². The van der Waals surface area contributed by atoms with Gasteiger partial charge >= 0.3 is 11.9 Å². The topological polar surface area (TPSA) is 111 Å². The Bertz CT molecular complexity index is 1340. The highest BCUT2D eigenvalue weighted by atomic mass is 31.2. The van der Waals surface area contributed by atoms with Crippen LogP contribution in [0.3, 0.4) is 0 Å². The summed E-state index contributed by atoms with van der Waals surface area (Å²) in [5.41, 5.74) is 0. The molecule has 0 bridgehead atoms. The molecule has 0 saturated heterocycles. The number of unbranched alkanes of at least 4 members (excludes halogenated alkanes) is 16. The summed E-state index contributed by atoms with van der Waals surface area (Å²) in [6.45, 7) is 4.05. The van der Waals surface area contributed by atoms with E-state index in [0.29, 0.717) is 23.9 Å². The first-order valence-electron chi connectivity index (χ1n) is 24.8. The van der Waals surface area contributed by atoms with E-state index in [-0.39, 0.29) is 26.1 Å². The molecule has 0 aliphatic rings. The van der Waals surface area contributed by atoms with Gasteiger partial charge in [0.15, 0.2) is 6.10 Å². The molecule has 2 unspecified atom stereocenters. The Hall–Kier alpha value is -2.81. The van der Waals surface area contributed by atoms with Crippen molar-refractivity contribution in [1.29, 1.82) is 0 Å². The lowest BCUT2D eigenvalue weighted by molar-refractivity contribution is -0.870. The van der Waals surface area contributed by atoms with Crippen molar-refractivity contribution in [3.63, 3.8) is 0 Å². The third kappa shape index (κ3) is 48.5. The average molecular weight is 902 g/mol. The molecule has 0 heterocycles. The number of ether oxygens (including phenoxy) is 2. The average Bonchev–Trinajstić information content (AvgIpc) is 3.24. The molecule has 0 aliphatic heterocycles. The molecule has 2 atom stereocenters. The second-order valence-corrected chi connectivity index (χ2v) is 18.9. The molecule has 0 amide bonds. The summed E-state index contributed by atoms with van der Waals surface area (Å²) in [5, 5.41) is 0. The maximum absolute atomic E-state index is 12.7. The summed E-state index contributed by atoms with van der Waals surface area (Å²) in [4.78, 5) is 37.7. The number of esters is 2. The van der Waals surface area contributed by atoms with E-state index >= 15 is 0 Å². The molecule has 0 fully saturated rings. The maximum atomic E-state index is 12.7. The van der Waals surface area contributed by atoms with Crippen LogP contribution in [0.25, 0.3) is 0 Å². The lowest BCUT2D eigenvalue weighted by atomic mass is 10.1. The van der Waals surface area contributed by atoms with E-state index in [9.17, 15) is 19.0 Å². The maximum Gasteiger partial charge on any atom is 0.306 e. The molecule has 0 rings (SSSR count). The van der Waals surface area contributed by atoms with Gasteiger partial charge in [-0.1, -0.05) is 170 Å². The van der Waals surface area contributed by atoms with Gasteiger partial charge in [0, 0.05) is 12.8 Å². The van der Waals surface area contributed by atoms with E-state index in [1.165, 1.54) is 70.6 Å². The molecule has 362 valence electrons. The summed E-state index contributed by atoms with van der Waals surface area (Å²) in [6.07, 6.45) is 57.6. The largest absolute Gasteiger partial charge is 0.756 e. The lowest BCUT2D eigenvalue weighted by Crippen LogP contribution is -2.37. The van der Waals surface area contributed by atoms with Crippen LogP contribution < -0.4 is 4.89 Å². The molecule has 0 aromatic heterocycles. The first kappa shape index (κ1) is 60.2. The Balaban J connectivity index is 4.40. The minimum atomic E-state index is -4.65. The lowest BCUT2D eigenvalue weighted by Gasteiger charge is -2.28. The third-order valence-electron chi connectivity index (χ3n) is 10.1. The Morgan fingerprint density at radius 2 is 0.905 bits per heavy atom. The van der Waals surface area contributed by atoms with Gasteiger partial charge < -0.3 is 27.9 Å². The minimum Gasteiger partial charge on any atom is -0.756 e. The van der Waals surface area contributed by atoms with E-state index in [1.807, 2.05) is 21.1 Å². The number of hydrogen-bond acceptors (Lipinski definition) is 8. The number of quaternary nitrogens is 1. The first-order chi connectivity index (χ1) is 30.5. The Kier molecular flexibility index (Phi) is 42.4. The van der Waals surface area contributed by atoms with Gasteiger partial charge in [-0.2, -0.15) is 0 Å². The second-order valence-electron chi connectivity index (χ2n) is 17.4. The van der Waals surface area contributed by atoms with E-state index in [0.717, 1.165) is 77.0 Å². The normalized spacial score (nSPS) is 14.2. The third-order valence-corrected chi connectivity index (χ3v) is 11.1. The van der Waals surface area contributed by atoms with Crippen LogP contribution in [0.2, 0.25) is 0 Å². The number of nitrogens with zero attached hydrogens (tertiary/aromatic N) is 1. The van der Waals surface area contributed by atoms with Gasteiger partial charge in [0.2, 0.25) is 0 Å². The van der Waals surface area contributed by atoms with E-state index in [1.54, 1.807) is 0 Å². The number of likely N-dealkylation sites (N-methyl/N-ethyl adjacent to an activating group) is 1. The van der Waals surface area contributed by atoms with Crippen molar-refractivity contribution in [2.45, 2.75) is 193 Å². The molecule has 0 aliphatic carbocycles. The molecule has 0 aromatic rings. The van der Waals surface area contributed by atoms with Gasteiger partial charge in [-0.25, -0.2) is 0 Å². The van der Waals surface area contributed by atoms with Crippen LogP contribution >= 0.6 is 7.82 Å². The Morgan fingerprint density at radius 1 is 0.508 bits per heavy atom. The molecular formula is C53H92NO8P. The zero-order valence-electron chi connectivity index (χ0n) is 40.7. The molecule has 0 N–H and O–H groups in total. The SMILES string of the molecule is CC/C=C\C/C=C\C/C=C\C/C=C\C/C=C\C/C=C\CCCCC(=O)OC(COC(=O)CCCCCCCCC/C=C\CCCCCCCCC)COP(=O)([O-])OCC[N+](C)(C)C. The van der Waals surface area contributed by atoms with Crippen molar-refractivity contribution < 1.29 is 42.1 Å². The van der Waals surface area contributed by atoms with Gasteiger partial charge in [0.25, 0.3) is 7.82 Å². The zero-order valence-corrected chi connectivity index (χ0v) is 41.6. The number of carbonyl (C=O) groups is 2. The molecule has 0 aromatic carbocycles. The molecule has 0 saturated carbocycles. The van der Waals surface area contributed by atoms with Gasteiger partial charge in [-0.15, -0.1) is 0 Å². The number of carbonyl (C=O) groups excluding carboxylic acids is 2. The molecular weight excluding hydrogens is 810 g/mol. The van der Waals surface area contributed by atoms with Crippen molar-refractivity contribution in [3.05, 3.63) is 85.1 Å². The van der Waals surface area contributed by atoms with Crippen molar-refractivity contribution in [1.82, 2.24) is 0 Å². The van der Waals surface area contributed by atoms with Crippen LogP contribution in [-0.4, -0.2) is 70.0 Å². The van der Waals surface area contributed by atoms with Crippen LogP contribution in [0.1, 0.15) is 187 Å². The zero-order chi connectivity index (χ0) is 46.4. The highest BCUT2D eigenvalue weighted by Gasteiger charge is 2.21. The highest BCUT2D eigenvalue weighted by molar-refractivity contribution is 7.45. The second kappa shape index (κ2) is 44.4. The number of allylic oxidation sites excluding steroid dienone is 14. The smallest absolute Gasteiger partial charge is 0.306 e. The Morgan fingerprint density at radius 3 is 1.40 bits per heavy atom. The Labute approximate surface area is 386 Å². The van der Waals surface area contributed by atoms with Crippen molar-refractivity contribution in [2.24, 2.45) is 0 Å². The number of phosphoric acid groups is 1. The fourth-order valence-corrected chi connectivity index (χ4v) is 7.03. The van der Waals surface area contributed by atoms with Crippen molar-refractivity contribution >= 4 is 19.8 Å².